The van der Waals surface area contributed by atoms with Gasteiger partial charge in [-0.05, 0) is 5.56 Å². The topological polar surface area (TPSA) is 128 Å². The Morgan fingerprint density at radius 1 is 1.27 bits per heavy atom. The molecule has 3 aromatic rings. The Balaban J connectivity index is 1.53. The van der Waals surface area contributed by atoms with E-state index in [0.717, 1.165) is 5.56 Å². The summed E-state index contributed by atoms with van der Waals surface area (Å²) >= 11 is 0. The first-order chi connectivity index (χ1) is 14.5. The van der Waals surface area contributed by atoms with E-state index in [9.17, 15) is 14.7 Å². The van der Waals surface area contributed by atoms with Gasteiger partial charge in [0.1, 0.15) is 24.8 Å². The lowest BCUT2D eigenvalue weighted by molar-refractivity contribution is -0.150. The van der Waals surface area contributed by atoms with Crippen molar-refractivity contribution in [3.05, 3.63) is 48.5 Å². The summed E-state index contributed by atoms with van der Waals surface area (Å²) in [5.41, 5.74) is 1.76. The Bertz CT molecular complexity index is 1050. The minimum absolute atomic E-state index is 0.209. The maximum Gasteiger partial charge on any atom is 0.302 e. The van der Waals surface area contributed by atoms with Crippen molar-refractivity contribution >= 4 is 28.9 Å². The summed E-state index contributed by atoms with van der Waals surface area (Å²) in [7, 11) is 0. The summed E-state index contributed by atoms with van der Waals surface area (Å²) in [5.74, 6) is -0.361. The minimum Gasteiger partial charge on any atom is -0.460 e. The quantitative estimate of drug-likeness (QED) is 0.580. The number of carbonyl (C=O) groups is 2. The van der Waals surface area contributed by atoms with E-state index in [1.165, 1.54) is 19.6 Å². The Morgan fingerprint density at radius 2 is 2.07 bits per heavy atom. The van der Waals surface area contributed by atoms with Crippen LogP contribution < -0.4 is 5.32 Å². The van der Waals surface area contributed by atoms with Crippen LogP contribution in [0, 0.1) is 0 Å². The third-order valence-electron chi connectivity index (χ3n) is 4.81. The molecule has 2 N–H and O–H groups in total. The summed E-state index contributed by atoms with van der Waals surface area (Å²) in [5, 5.41) is 12.3. The van der Waals surface area contributed by atoms with Crippen LogP contribution in [0.2, 0.25) is 0 Å². The van der Waals surface area contributed by atoms with Crippen LogP contribution >= 0.6 is 0 Å². The van der Waals surface area contributed by atoms with Crippen LogP contribution in [0.1, 0.15) is 25.1 Å². The maximum atomic E-state index is 12.4. The summed E-state index contributed by atoms with van der Waals surface area (Å²) in [4.78, 5) is 36.5. The van der Waals surface area contributed by atoms with Gasteiger partial charge in [-0.3, -0.25) is 14.2 Å². The molecule has 3 atom stereocenters. The second-order valence-electron chi connectivity index (χ2n) is 6.95. The van der Waals surface area contributed by atoms with E-state index in [-0.39, 0.29) is 18.9 Å². The standard InChI is InChI=1S/C20H21N5O5/c1-12(27)29-14-8-17(30-15(14)9-26)25-11-23-18-19(21-10-22-20(18)25)24-16(28)7-13-5-3-2-4-6-13/h2-6,10-11,14-15,17,26H,7-9H2,1H3,(H,21,22,24,28)/t14-,15+,17+/m0/s1. The molecule has 0 spiro atoms. The third kappa shape index (κ3) is 4.14. The summed E-state index contributed by atoms with van der Waals surface area (Å²) in [6.07, 6.45) is 1.68. The first-order valence-corrected chi connectivity index (χ1v) is 9.50. The SMILES string of the molecule is CC(=O)O[C@H]1C[C@H](n2cnc3c(NC(=O)Cc4ccccc4)ncnc32)O[C@@H]1CO. The molecule has 0 unspecified atom stereocenters. The highest BCUT2D eigenvalue weighted by Crippen LogP contribution is 2.33. The van der Waals surface area contributed by atoms with Crippen LogP contribution in [-0.4, -0.2) is 55.3 Å². The van der Waals surface area contributed by atoms with E-state index in [1.807, 2.05) is 30.3 Å². The molecule has 4 rings (SSSR count). The Kier molecular flexibility index (Phi) is 5.68. The van der Waals surface area contributed by atoms with Gasteiger partial charge in [0.2, 0.25) is 5.91 Å². The van der Waals surface area contributed by atoms with Gasteiger partial charge in [0, 0.05) is 13.3 Å². The maximum absolute atomic E-state index is 12.4. The van der Waals surface area contributed by atoms with Crippen LogP contribution in [0.5, 0.6) is 0 Å². The van der Waals surface area contributed by atoms with Gasteiger partial charge in [0.25, 0.3) is 0 Å². The van der Waals surface area contributed by atoms with E-state index in [1.54, 1.807) is 4.57 Å². The van der Waals surface area contributed by atoms with Crippen LogP contribution in [0.3, 0.4) is 0 Å². The number of benzene rings is 1. The van der Waals surface area contributed by atoms with E-state index in [2.05, 4.69) is 20.3 Å². The van der Waals surface area contributed by atoms with Crippen molar-refractivity contribution in [1.29, 1.82) is 0 Å². The molecule has 1 aromatic carbocycles. The molecule has 0 saturated carbocycles. The van der Waals surface area contributed by atoms with Gasteiger partial charge in [-0.15, -0.1) is 0 Å². The fourth-order valence-electron chi connectivity index (χ4n) is 3.48. The molecule has 1 aliphatic rings. The zero-order valence-corrected chi connectivity index (χ0v) is 16.3. The smallest absolute Gasteiger partial charge is 0.302 e. The van der Waals surface area contributed by atoms with Gasteiger partial charge >= 0.3 is 5.97 Å². The molecule has 1 amide bonds. The molecule has 2 aromatic heterocycles. The number of nitrogens with one attached hydrogen (secondary N) is 1. The molecule has 156 valence electrons. The average molecular weight is 411 g/mol. The zero-order chi connectivity index (χ0) is 21.1. The van der Waals surface area contributed by atoms with Crippen LogP contribution in [0.15, 0.2) is 43.0 Å². The van der Waals surface area contributed by atoms with Crippen molar-refractivity contribution in [2.75, 3.05) is 11.9 Å². The molecule has 10 heteroatoms. The number of nitrogens with zero attached hydrogens (tertiary/aromatic N) is 4. The average Bonchev–Trinajstić information content (AvgIpc) is 3.32. The first kappa shape index (κ1) is 19.9. The summed E-state index contributed by atoms with van der Waals surface area (Å²) in [6, 6.07) is 9.38. The van der Waals surface area contributed by atoms with Gasteiger partial charge in [0.05, 0.1) is 19.4 Å². The van der Waals surface area contributed by atoms with Crippen molar-refractivity contribution in [3.63, 3.8) is 0 Å². The number of aromatic nitrogens is 4. The normalized spacial score (nSPS) is 20.9. The first-order valence-electron chi connectivity index (χ1n) is 9.50. The molecule has 1 fully saturated rings. The lowest BCUT2D eigenvalue weighted by atomic mass is 10.1. The number of esters is 1. The van der Waals surface area contributed by atoms with Crippen molar-refractivity contribution in [2.45, 2.75) is 38.2 Å². The third-order valence-corrected chi connectivity index (χ3v) is 4.81. The number of hydrogen-bond acceptors (Lipinski definition) is 8. The van der Waals surface area contributed by atoms with Gasteiger partial charge in [0.15, 0.2) is 17.0 Å². The van der Waals surface area contributed by atoms with Crippen molar-refractivity contribution in [2.24, 2.45) is 0 Å². The predicted molar refractivity (Wildman–Crippen MR) is 105 cm³/mol. The summed E-state index contributed by atoms with van der Waals surface area (Å²) in [6.45, 7) is 1.03. The van der Waals surface area contributed by atoms with Gasteiger partial charge < -0.3 is 19.9 Å². The molecule has 0 radical (unpaired) electrons. The van der Waals surface area contributed by atoms with Crippen molar-refractivity contribution < 1.29 is 24.2 Å². The number of carbonyl (C=O) groups excluding carboxylic acids is 2. The van der Waals surface area contributed by atoms with E-state index in [0.29, 0.717) is 23.4 Å². The lowest BCUT2D eigenvalue weighted by Gasteiger charge is -2.15. The molecular formula is C20H21N5O5. The molecule has 1 aliphatic heterocycles. The van der Waals surface area contributed by atoms with Crippen LogP contribution in [0.4, 0.5) is 5.82 Å². The molecule has 30 heavy (non-hydrogen) atoms. The van der Waals surface area contributed by atoms with Gasteiger partial charge in [-0.1, -0.05) is 30.3 Å². The van der Waals surface area contributed by atoms with Crippen molar-refractivity contribution in [3.8, 4) is 0 Å². The second kappa shape index (κ2) is 8.56. The van der Waals surface area contributed by atoms with Crippen LogP contribution in [-0.2, 0) is 25.5 Å². The molecule has 1 saturated heterocycles. The Labute approximate surface area is 171 Å². The Morgan fingerprint density at radius 3 is 2.80 bits per heavy atom. The highest BCUT2D eigenvalue weighted by Gasteiger charge is 2.38. The number of anilines is 1. The van der Waals surface area contributed by atoms with Crippen LogP contribution in [0.25, 0.3) is 11.2 Å². The lowest BCUT2D eigenvalue weighted by Crippen LogP contribution is -2.29. The highest BCUT2D eigenvalue weighted by atomic mass is 16.6. The fraction of sp³-hybridized carbons (Fsp3) is 0.350. The predicted octanol–water partition coefficient (Wildman–Crippen LogP) is 1.22. The van der Waals surface area contributed by atoms with Crippen molar-refractivity contribution in [1.82, 2.24) is 19.5 Å². The highest BCUT2D eigenvalue weighted by molar-refractivity contribution is 5.97. The number of fused-ring (bicyclic) bond motifs is 1. The largest absolute Gasteiger partial charge is 0.460 e. The van der Waals surface area contributed by atoms with E-state index >= 15 is 0 Å². The minimum atomic E-state index is -0.636. The molecular weight excluding hydrogens is 390 g/mol. The van der Waals surface area contributed by atoms with E-state index < -0.39 is 24.4 Å². The van der Waals surface area contributed by atoms with E-state index in [4.69, 9.17) is 9.47 Å². The van der Waals surface area contributed by atoms with Gasteiger partial charge in [-0.25, -0.2) is 15.0 Å². The number of hydrogen-bond donors (Lipinski definition) is 2. The number of ether oxygens (including phenoxy) is 2. The number of amides is 1. The number of rotatable bonds is 6. The molecule has 10 nitrogen and oxygen atoms in total. The monoisotopic (exact) mass is 411 g/mol. The molecule has 0 bridgehead atoms. The van der Waals surface area contributed by atoms with Gasteiger partial charge in [-0.2, -0.15) is 0 Å². The zero-order valence-electron chi connectivity index (χ0n) is 16.3. The second-order valence-corrected chi connectivity index (χ2v) is 6.95. The summed E-state index contributed by atoms with van der Waals surface area (Å²) < 4.78 is 12.7. The number of imidazole rings is 1. The number of aliphatic hydroxyl groups is 1. The Hall–Kier alpha value is -3.37. The molecule has 0 aliphatic carbocycles. The molecule has 3 heterocycles. The number of aliphatic hydroxyl groups excluding tert-OH is 1. The fourth-order valence-corrected chi connectivity index (χ4v) is 3.48.